The highest BCUT2D eigenvalue weighted by atomic mass is 16.6. The molecular formula is C22H29N3O4. The summed E-state index contributed by atoms with van der Waals surface area (Å²) in [5, 5.41) is 12.7. The van der Waals surface area contributed by atoms with E-state index in [2.05, 4.69) is 10.3 Å². The molecule has 7 nitrogen and oxygen atoms in total. The van der Waals surface area contributed by atoms with Gasteiger partial charge < -0.3 is 19.7 Å². The summed E-state index contributed by atoms with van der Waals surface area (Å²) < 4.78 is 7.10. The van der Waals surface area contributed by atoms with E-state index in [1.807, 2.05) is 68.8 Å². The SMILES string of the molecule is C[C@H](CNC(=O)OC(C)(C)C)C[C@H]1C[C@]1(C(=O)O)c1cn(-c2ccccc2)cn1. The van der Waals surface area contributed by atoms with E-state index in [1.54, 1.807) is 6.33 Å². The first-order valence-electron chi connectivity index (χ1n) is 9.92. The number of alkyl carbamates (subject to hydrolysis) is 1. The van der Waals surface area contributed by atoms with E-state index in [-0.39, 0.29) is 11.8 Å². The lowest BCUT2D eigenvalue weighted by molar-refractivity contribution is -0.140. The lowest BCUT2D eigenvalue weighted by atomic mass is 9.94. The van der Waals surface area contributed by atoms with Crippen molar-refractivity contribution in [1.29, 1.82) is 0 Å². The number of aromatic nitrogens is 2. The first kappa shape index (κ1) is 20.9. The molecule has 2 aromatic rings. The van der Waals surface area contributed by atoms with Gasteiger partial charge in [-0.2, -0.15) is 0 Å². The zero-order valence-electron chi connectivity index (χ0n) is 17.4. The minimum Gasteiger partial charge on any atom is -0.481 e. The molecule has 7 heteroatoms. The molecule has 0 bridgehead atoms. The normalized spacial score (nSPS) is 22.0. The molecule has 29 heavy (non-hydrogen) atoms. The molecule has 156 valence electrons. The summed E-state index contributed by atoms with van der Waals surface area (Å²) in [5.41, 5.74) is 0.0464. The fourth-order valence-corrected chi connectivity index (χ4v) is 3.73. The van der Waals surface area contributed by atoms with Crippen molar-refractivity contribution in [3.8, 4) is 5.69 Å². The molecule has 3 atom stereocenters. The molecule has 1 aromatic carbocycles. The van der Waals surface area contributed by atoms with Gasteiger partial charge in [-0.05, 0) is 57.6 Å². The number of rotatable bonds is 7. The maximum atomic E-state index is 12.1. The van der Waals surface area contributed by atoms with E-state index in [0.717, 1.165) is 5.69 Å². The molecule has 1 aliphatic rings. The molecule has 1 heterocycles. The van der Waals surface area contributed by atoms with Gasteiger partial charge in [0, 0.05) is 18.4 Å². The number of imidazole rings is 1. The van der Waals surface area contributed by atoms with Crippen LogP contribution < -0.4 is 5.32 Å². The topological polar surface area (TPSA) is 93.5 Å². The number of hydrogen-bond acceptors (Lipinski definition) is 4. The summed E-state index contributed by atoms with van der Waals surface area (Å²) in [6.07, 6.45) is 4.28. The predicted octanol–water partition coefficient (Wildman–Crippen LogP) is 3.77. The zero-order valence-corrected chi connectivity index (χ0v) is 17.4. The monoisotopic (exact) mass is 399 g/mol. The number of carbonyl (C=O) groups is 2. The van der Waals surface area contributed by atoms with Crippen LogP contribution in [0.1, 0.15) is 46.2 Å². The average molecular weight is 399 g/mol. The lowest BCUT2D eigenvalue weighted by Crippen LogP contribution is -2.35. The van der Waals surface area contributed by atoms with Gasteiger partial charge in [0.1, 0.15) is 11.0 Å². The average Bonchev–Trinajstić information content (AvgIpc) is 3.14. The summed E-state index contributed by atoms with van der Waals surface area (Å²) in [7, 11) is 0. The largest absolute Gasteiger partial charge is 0.481 e. The van der Waals surface area contributed by atoms with Gasteiger partial charge in [0.25, 0.3) is 0 Å². The summed E-state index contributed by atoms with van der Waals surface area (Å²) in [6, 6.07) is 9.70. The number of nitrogens with one attached hydrogen (secondary N) is 1. The van der Waals surface area contributed by atoms with E-state index in [1.165, 1.54) is 0 Å². The van der Waals surface area contributed by atoms with Crippen LogP contribution in [-0.4, -0.2) is 38.9 Å². The van der Waals surface area contributed by atoms with Crippen LogP contribution in [0, 0.1) is 11.8 Å². The maximum absolute atomic E-state index is 12.1. The third-order valence-electron chi connectivity index (χ3n) is 5.26. The Morgan fingerprint density at radius 3 is 2.66 bits per heavy atom. The van der Waals surface area contributed by atoms with Crippen LogP contribution in [0.5, 0.6) is 0 Å². The Morgan fingerprint density at radius 1 is 1.34 bits per heavy atom. The fraction of sp³-hybridized carbons (Fsp3) is 0.500. The fourth-order valence-electron chi connectivity index (χ4n) is 3.73. The van der Waals surface area contributed by atoms with E-state index >= 15 is 0 Å². The van der Waals surface area contributed by atoms with Gasteiger partial charge in [-0.3, -0.25) is 4.79 Å². The molecule has 1 amide bonds. The van der Waals surface area contributed by atoms with Crippen molar-refractivity contribution < 1.29 is 19.4 Å². The standard InChI is InChI=1S/C22H29N3O4/c1-15(12-23-20(28)29-21(2,3)4)10-16-11-22(16,19(26)27)18-13-25(14-24-18)17-8-6-5-7-9-17/h5-9,13-16H,10-12H2,1-4H3,(H,23,28)(H,26,27)/t15-,16-,22+/m0/s1. The van der Waals surface area contributed by atoms with Gasteiger partial charge in [-0.1, -0.05) is 25.1 Å². The molecule has 3 rings (SSSR count). The number of carboxylic acid groups (broad SMARTS) is 1. The van der Waals surface area contributed by atoms with Crippen LogP contribution in [0.3, 0.4) is 0 Å². The van der Waals surface area contributed by atoms with Crippen molar-refractivity contribution in [2.75, 3.05) is 6.54 Å². The number of benzene rings is 1. The van der Waals surface area contributed by atoms with Crippen molar-refractivity contribution in [3.05, 3.63) is 48.5 Å². The van der Waals surface area contributed by atoms with E-state index in [0.29, 0.717) is 25.1 Å². The van der Waals surface area contributed by atoms with Crippen molar-refractivity contribution in [2.45, 2.75) is 51.6 Å². The van der Waals surface area contributed by atoms with Gasteiger partial charge in [0.05, 0.1) is 12.0 Å². The van der Waals surface area contributed by atoms with Gasteiger partial charge in [-0.15, -0.1) is 0 Å². The van der Waals surface area contributed by atoms with Gasteiger partial charge in [0.15, 0.2) is 0 Å². The number of amides is 1. The Hall–Kier alpha value is -2.83. The van der Waals surface area contributed by atoms with Gasteiger partial charge >= 0.3 is 12.1 Å². The summed E-state index contributed by atoms with van der Waals surface area (Å²) in [4.78, 5) is 28.3. The van der Waals surface area contributed by atoms with E-state index < -0.39 is 23.1 Å². The summed E-state index contributed by atoms with van der Waals surface area (Å²) in [6.45, 7) is 7.90. The Balaban J connectivity index is 1.62. The predicted molar refractivity (Wildman–Crippen MR) is 109 cm³/mol. The van der Waals surface area contributed by atoms with Crippen LogP contribution in [0.4, 0.5) is 4.79 Å². The smallest absolute Gasteiger partial charge is 0.407 e. The summed E-state index contributed by atoms with van der Waals surface area (Å²) in [5.74, 6) is -0.715. The first-order chi connectivity index (χ1) is 13.6. The van der Waals surface area contributed by atoms with Crippen LogP contribution in [-0.2, 0) is 14.9 Å². The van der Waals surface area contributed by atoms with Crippen molar-refractivity contribution >= 4 is 12.1 Å². The molecule has 1 fully saturated rings. The maximum Gasteiger partial charge on any atom is 0.407 e. The molecule has 0 spiro atoms. The molecular weight excluding hydrogens is 370 g/mol. The van der Waals surface area contributed by atoms with E-state index in [9.17, 15) is 14.7 Å². The van der Waals surface area contributed by atoms with Crippen molar-refractivity contribution in [2.24, 2.45) is 11.8 Å². The first-order valence-corrected chi connectivity index (χ1v) is 9.92. The van der Waals surface area contributed by atoms with Crippen LogP contribution >= 0.6 is 0 Å². The number of aliphatic carboxylic acids is 1. The minimum absolute atomic E-state index is 0.00504. The number of carboxylic acids is 1. The molecule has 1 aliphatic carbocycles. The number of ether oxygens (including phenoxy) is 1. The third-order valence-corrected chi connectivity index (χ3v) is 5.26. The quantitative estimate of drug-likeness (QED) is 0.739. The molecule has 0 saturated heterocycles. The van der Waals surface area contributed by atoms with Crippen molar-refractivity contribution in [3.63, 3.8) is 0 Å². The van der Waals surface area contributed by atoms with Crippen molar-refractivity contribution in [1.82, 2.24) is 14.9 Å². The van der Waals surface area contributed by atoms with Gasteiger partial charge in [-0.25, -0.2) is 9.78 Å². The van der Waals surface area contributed by atoms with Crippen LogP contribution in [0.15, 0.2) is 42.9 Å². The lowest BCUT2D eigenvalue weighted by Gasteiger charge is -2.21. The Kier molecular flexibility index (Phi) is 5.68. The number of para-hydroxylation sites is 1. The third kappa shape index (κ3) is 4.78. The summed E-state index contributed by atoms with van der Waals surface area (Å²) >= 11 is 0. The molecule has 2 N–H and O–H groups in total. The minimum atomic E-state index is -0.944. The second kappa shape index (κ2) is 7.89. The number of nitrogens with zero attached hydrogens (tertiary/aromatic N) is 2. The highest BCUT2D eigenvalue weighted by Gasteiger charge is 2.62. The van der Waals surface area contributed by atoms with Gasteiger partial charge in [0.2, 0.25) is 0 Å². The highest BCUT2D eigenvalue weighted by Crippen LogP contribution is 2.56. The van der Waals surface area contributed by atoms with Crippen LogP contribution in [0.25, 0.3) is 5.69 Å². The highest BCUT2D eigenvalue weighted by molar-refractivity contribution is 5.85. The Bertz CT molecular complexity index is 872. The number of hydrogen-bond donors (Lipinski definition) is 2. The molecule has 1 saturated carbocycles. The second-order valence-corrected chi connectivity index (χ2v) is 8.90. The van der Waals surface area contributed by atoms with Crippen LogP contribution in [0.2, 0.25) is 0 Å². The number of carbonyl (C=O) groups excluding carboxylic acids is 1. The molecule has 0 aliphatic heterocycles. The molecule has 0 radical (unpaired) electrons. The second-order valence-electron chi connectivity index (χ2n) is 8.90. The molecule has 0 unspecified atom stereocenters. The van der Waals surface area contributed by atoms with E-state index in [4.69, 9.17) is 4.74 Å². The Labute approximate surface area is 171 Å². The Morgan fingerprint density at radius 2 is 2.03 bits per heavy atom. The molecule has 1 aromatic heterocycles. The zero-order chi connectivity index (χ0) is 21.2.